The summed E-state index contributed by atoms with van der Waals surface area (Å²) < 4.78 is 96.2. The minimum Gasteiger partial charge on any atom is -0.391 e. The van der Waals surface area contributed by atoms with Crippen LogP contribution in [0.25, 0.3) is 11.0 Å². The lowest BCUT2D eigenvalue weighted by molar-refractivity contribution is -0.151. The molecule has 0 bridgehead atoms. The van der Waals surface area contributed by atoms with Gasteiger partial charge in [0.05, 0.1) is 43.6 Å². The number of carbonyl (C=O) groups excluding carboxylic acids is 2. The van der Waals surface area contributed by atoms with E-state index in [9.17, 15) is 40.3 Å². The van der Waals surface area contributed by atoms with Gasteiger partial charge >= 0.3 is 12.4 Å². The maximum atomic E-state index is 14.0. The van der Waals surface area contributed by atoms with Crippen molar-refractivity contribution in [3.63, 3.8) is 0 Å². The summed E-state index contributed by atoms with van der Waals surface area (Å²) in [4.78, 5) is 30.2. The molecular weight excluding hydrogens is 589 g/mol. The van der Waals surface area contributed by atoms with E-state index in [1.165, 1.54) is 16.7 Å². The lowest BCUT2D eigenvalue weighted by atomic mass is 9.91. The van der Waals surface area contributed by atoms with Crippen molar-refractivity contribution in [3.8, 4) is 0 Å². The topological polar surface area (TPSA) is 90.0 Å². The Morgan fingerprint density at radius 1 is 1.18 bits per heavy atom. The second-order valence-corrected chi connectivity index (χ2v) is 10.2. The van der Waals surface area contributed by atoms with E-state index < -0.39 is 64.7 Å². The first-order valence-electron chi connectivity index (χ1n) is 11.8. The largest absolute Gasteiger partial charge is 0.419 e. The minimum absolute atomic E-state index is 0.0310. The Kier molecular flexibility index (Phi) is 7.65. The summed E-state index contributed by atoms with van der Waals surface area (Å²) in [6, 6.07) is 3.48. The van der Waals surface area contributed by atoms with Gasteiger partial charge in [0.1, 0.15) is 5.82 Å². The van der Waals surface area contributed by atoms with Crippen LogP contribution >= 0.6 is 23.8 Å². The number of ketones is 1. The van der Waals surface area contributed by atoms with Crippen LogP contribution in [0.4, 0.5) is 30.7 Å². The van der Waals surface area contributed by atoms with Gasteiger partial charge in [-0.1, -0.05) is 29.9 Å². The Balaban J connectivity index is 1.70. The van der Waals surface area contributed by atoms with E-state index >= 15 is 0 Å². The van der Waals surface area contributed by atoms with Crippen molar-refractivity contribution in [2.24, 2.45) is 5.73 Å². The molecule has 2 aromatic carbocycles. The number of aromatic nitrogens is 2. The summed E-state index contributed by atoms with van der Waals surface area (Å²) >= 11 is 11.3. The van der Waals surface area contributed by atoms with E-state index in [4.69, 9.17) is 29.6 Å². The molecule has 3 aromatic rings. The molecule has 0 radical (unpaired) electrons. The summed E-state index contributed by atoms with van der Waals surface area (Å²) in [5, 5.41) is 2.67. The van der Waals surface area contributed by atoms with Crippen molar-refractivity contribution in [3.05, 3.63) is 63.7 Å². The number of nitrogens with two attached hydrogens (primary N) is 1. The van der Waals surface area contributed by atoms with E-state index in [0.29, 0.717) is 18.9 Å². The summed E-state index contributed by atoms with van der Waals surface area (Å²) in [6.45, 7) is 1.65. The maximum Gasteiger partial charge on any atom is 0.419 e. The lowest BCUT2D eigenvalue weighted by Gasteiger charge is -2.21. The van der Waals surface area contributed by atoms with Crippen molar-refractivity contribution in [1.29, 1.82) is 0 Å². The van der Waals surface area contributed by atoms with Crippen LogP contribution in [-0.2, 0) is 12.7 Å². The average molecular weight is 609 g/mol. The third-order valence-corrected chi connectivity index (χ3v) is 7.41. The van der Waals surface area contributed by atoms with Gasteiger partial charge in [0.2, 0.25) is 0 Å². The summed E-state index contributed by atoms with van der Waals surface area (Å²) in [5.41, 5.74) is 2.33. The van der Waals surface area contributed by atoms with E-state index in [1.807, 2.05) is 0 Å². The van der Waals surface area contributed by atoms with Gasteiger partial charge in [0, 0.05) is 13.0 Å². The molecule has 1 fully saturated rings. The third-order valence-electron chi connectivity index (χ3n) is 6.70. The second-order valence-electron chi connectivity index (χ2n) is 9.36. The number of aryl methyl sites for hydroxylation is 1. The van der Waals surface area contributed by atoms with Crippen LogP contribution in [0.15, 0.2) is 30.3 Å². The fraction of sp³-hybridized carbons (Fsp3) is 0.360. The Morgan fingerprint density at radius 2 is 1.82 bits per heavy atom. The van der Waals surface area contributed by atoms with Gasteiger partial charge in [0.15, 0.2) is 11.6 Å². The lowest BCUT2D eigenvalue weighted by Crippen LogP contribution is -2.45. The number of hydrogen-bond donors (Lipinski definition) is 2. The summed E-state index contributed by atoms with van der Waals surface area (Å²) in [5.74, 6) is -6.59. The van der Waals surface area contributed by atoms with Gasteiger partial charge in [-0.25, -0.2) is 9.37 Å². The van der Waals surface area contributed by atoms with Crippen LogP contribution in [0, 0.1) is 5.82 Å². The first-order valence-corrected chi connectivity index (χ1v) is 12.6. The Bertz CT molecular complexity index is 1530. The molecule has 1 heterocycles. The predicted octanol–water partition coefficient (Wildman–Crippen LogP) is 6.33. The standard InChI is InChI=1S/C25H20ClF7N4O2S/c1-2-37-18-10-15(26)12(21(39)36-23(5-6-23)22(34)40)8-17(18)35-20(37)19(38)9-13(24(28,29)30)11-3-4-16(27)14(7-11)25(31,32)33/h3-4,7-8,10,13H,2,5-6,9H2,1H3,(H2,34,40)(H,36,39). The molecule has 1 aromatic heterocycles. The second kappa shape index (κ2) is 10.3. The molecule has 1 aliphatic rings. The van der Waals surface area contributed by atoms with Gasteiger partial charge < -0.3 is 15.6 Å². The number of amides is 1. The van der Waals surface area contributed by atoms with Crippen molar-refractivity contribution in [2.45, 2.75) is 56.5 Å². The number of fused-ring (bicyclic) bond motifs is 1. The molecule has 6 nitrogen and oxygen atoms in total. The van der Waals surface area contributed by atoms with Crippen LogP contribution in [0.5, 0.6) is 0 Å². The van der Waals surface area contributed by atoms with Gasteiger partial charge in [-0.2, -0.15) is 26.3 Å². The van der Waals surface area contributed by atoms with E-state index in [1.54, 1.807) is 6.92 Å². The minimum atomic E-state index is -5.24. The normalized spacial score (nSPS) is 15.6. The number of nitrogens with one attached hydrogen (secondary N) is 1. The highest BCUT2D eigenvalue weighted by Crippen LogP contribution is 2.41. The number of carbonyl (C=O) groups is 2. The van der Waals surface area contributed by atoms with Crippen molar-refractivity contribution < 1.29 is 40.3 Å². The smallest absolute Gasteiger partial charge is 0.391 e. The molecule has 0 spiro atoms. The first kappa shape index (κ1) is 29.7. The molecule has 3 N–H and O–H groups in total. The number of hydrogen-bond acceptors (Lipinski definition) is 4. The first-order chi connectivity index (χ1) is 18.5. The van der Waals surface area contributed by atoms with E-state index in [-0.39, 0.29) is 45.3 Å². The maximum absolute atomic E-state index is 14.0. The van der Waals surface area contributed by atoms with Crippen LogP contribution in [-0.4, -0.2) is 37.9 Å². The highest BCUT2D eigenvalue weighted by molar-refractivity contribution is 7.80. The molecular formula is C25H20ClF7N4O2S. The van der Waals surface area contributed by atoms with Crippen LogP contribution in [0.3, 0.4) is 0 Å². The Hall–Kier alpha value is -3.26. The van der Waals surface area contributed by atoms with Gasteiger partial charge in [-0.15, -0.1) is 0 Å². The number of thiocarbonyl (C=S) groups is 1. The molecule has 0 aliphatic heterocycles. The Labute approximate surface area is 232 Å². The highest BCUT2D eigenvalue weighted by Gasteiger charge is 2.47. The van der Waals surface area contributed by atoms with Crippen LogP contribution in [0.1, 0.15) is 64.2 Å². The molecule has 1 unspecified atom stereocenters. The number of nitrogens with zero attached hydrogens (tertiary/aromatic N) is 2. The molecule has 214 valence electrons. The molecule has 1 atom stereocenters. The summed E-state index contributed by atoms with van der Waals surface area (Å²) in [6.07, 6.45) is -10.6. The molecule has 4 rings (SSSR count). The van der Waals surface area contributed by atoms with Crippen molar-refractivity contribution in [2.75, 3.05) is 0 Å². The SMILES string of the molecule is CCn1c(C(=O)CC(c2ccc(F)c(C(F)(F)F)c2)C(F)(F)F)nc2cc(C(=O)NC3(C(N)=S)CC3)c(Cl)cc21. The fourth-order valence-corrected chi connectivity index (χ4v) is 4.87. The zero-order valence-corrected chi connectivity index (χ0v) is 22.1. The monoisotopic (exact) mass is 608 g/mol. The number of rotatable bonds is 8. The molecule has 1 saturated carbocycles. The molecule has 15 heteroatoms. The fourth-order valence-electron chi connectivity index (χ4n) is 4.37. The molecule has 0 saturated heterocycles. The quantitative estimate of drug-likeness (QED) is 0.177. The zero-order valence-electron chi connectivity index (χ0n) is 20.5. The number of Topliss-reactive ketones (excluding diaryl/α,β-unsaturated/α-hetero) is 1. The van der Waals surface area contributed by atoms with Gasteiger partial charge in [-0.05, 0) is 49.6 Å². The zero-order chi connectivity index (χ0) is 29.8. The predicted molar refractivity (Wildman–Crippen MR) is 136 cm³/mol. The van der Waals surface area contributed by atoms with Gasteiger partial charge in [-0.3, -0.25) is 9.59 Å². The van der Waals surface area contributed by atoms with Crippen molar-refractivity contribution in [1.82, 2.24) is 14.9 Å². The molecule has 40 heavy (non-hydrogen) atoms. The van der Waals surface area contributed by atoms with E-state index in [0.717, 1.165) is 0 Å². The van der Waals surface area contributed by atoms with Crippen LogP contribution in [0.2, 0.25) is 5.02 Å². The third kappa shape index (κ3) is 5.64. The van der Waals surface area contributed by atoms with E-state index in [2.05, 4.69) is 10.3 Å². The molecule has 1 amide bonds. The number of alkyl halides is 6. The average Bonchev–Trinajstić information content (AvgIpc) is 3.54. The number of halogens is 8. The van der Waals surface area contributed by atoms with Crippen molar-refractivity contribution >= 4 is 51.5 Å². The Morgan fingerprint density at radius 3 is 2.35 bits per heavy atom. The number of benzene rings is 2. The summed E-state index contributed by atoms with van der Waals surface area (Å²) in [7, 11) is 0. The number of imidazole rings is 1. The highest BCUT2D eigenvalue weighted by atomic mass is 35.5. The molecule has 1 aliphatic carbocycles. The van der Waals surface area contributed by atoms with Gasteiger partial charge in [0.25, 0.3) is 5.91 Å². The van der Waals surface area contributed by atoms with Crippen LogP contribution < -0.4 is 11.1 Å².